The first-order valence-electron chi connectivity index (χ1n) is 9.58. The van der Waals surface area contributed by atoms with Crippen LogP contribution in [-0.4, -0.2) is 70.5 Å². The summed E-state index contributed by atoms with van der Waals surface area (Å²) in [6.07, 6.45) is 3.77. The van der Waals surface area contributed by atoms with Gasteiger partial charge in [-0.3, -0.25) is 14.3 Å². The second-order valence-corrected chi connectivity index (χ2v) is 7.32. The van der Waals surface area contributed by atoms with E-state index in [9.17, 15) is 0 Å². The van der Waals surface area contributed by atoms with Gasteiger partial charge in [-0.1, -0.05) is 18.2 Å². The van der Waals surface area contributed by atoms with Crippen LogP contribution in [0.2, 0.25) is 0 Å². The van der Waals surface area contributed by atoms with Crippen LogP contribution in [0, 0.1) is 0 Å². The highest BCUT2D eigenvalue weighted by Crippen LogP contribution is 2.27. The monoisotopic (exact) mass is 360 g/mol. The highest BCUT2D eigenvalue weighted by atomic mass is 15.3. The number of hydrogen-bond donors (Lipinski definition) is 1. The third-order valence-electron chi connectivity index (χ3n) is 5.53. The van der Waals surface area contributed by atoms with Gasteiger partial charge in [0.2, 0.25) is 0 Å². The van der Waals surface area contributed by atoms with Crippen molar-refractivity contribution in [2.45, 2.75) is 0 Å². The van der Waals surface area contributed by atoms with Gasteiger partial charge < -0.3 is 10.2 Å². The number of piperazine rings is 1. The fraction of sp³-hybridized carbons (Fsp3) is 0.333. The van der Waals surface area contributed by atoms with Crippen molar-refractivity contribution in [2.24, 2.45) is 0 Å². The molecule has 0 radical (unpaired) electrons. The number of pyridine rings is 1. The van der Waals surface area contributed by atoms with Crippen molar-refractivity contribution >= 4 is 33.3 Å². The number of anilines is 1. The highest BCUT2D eigenvalue weighted by molar-refractivity contribution is 5.97. The van der Waals surface area contributed by atoms with E-state index in [4.69, 9.17) is 4.98 Å². The van der Waals surface area contributed by atoms with E-state index < -0.39 is 0 Å². The maximum absolute atomic E-state index is 4.93. The summed E-state index contributed by atoms with van der Waals surface area (Å²) in [5.74, 6) is 0.942. The molecule has 6 nitrogen and oxygen atoms in total. The van der Waals surface area contributed by atoms with E-state index in [1.165, 1.54) is 10.9 Å². The molecule has 4 aromatic rings. The zero-order chi connectivity index (χ0) is 18.2. The van der Waals surface area contributed by atoms with Crippen LogP contribution in [0.4, 0.5) is 5.82 Å². The molecule has 0 aliphatic carbocycles. The average molecular weight is 360 g/mol. The van der Waals surface area contributed by atoms with Crippen LogP contribution in [0.5, 0.6) is 0 Å². The lowest BCUT2D eigenvalue weighted by molar-refractivity contribution is 0.158. The molecule has 5 rings (SSSR count). The number of nitrogens with one attached hydrogen (secondary N) is 1. The minimum Gasteiger partial charge on any atom is -0.368 e. The van der Waals surface area contributed by atoms with Crippen molar-refractivity contribution in [3.8, 4) is 0 Å². The Labute approximate surface area is 158 Å². The molecule has 0 saturated carbocycles. The molecule has 0 spiro atoms. The molecule has 1 aliphatic heterocycles. The molecular formula is C21H24N6. The van der Waals surface area contributed by atoms with Crippen molar-refractivity contribution in [1.82, 2.24) is 24.2 Å². The summed E-state index contributed by atoms with van der Waals surface area (Å²) < 4.78 is 2.20. The molecule has 4 heterocycles. The lowest BCUT2D eigenvalue weighted by atomic mass is 10.2. The van der Waals surface area contributed by atoms with Crippen molar-refractivity contribution in [1.29, 1.82) is 0 Å². The van der Waals surface area contributed by atoms with Gasteiger partial charge in [-0.15, -0.1) is 0 Å². The van der Waals surface area contributed by atoms with Gasteiger partial charge in [0.1, 0.15) is 11.5 Å². The zero-order valence-corrected chi connectivity index (χ0v) is 15.6. The molecule has 138 valence electrons. The van der Waals surface area contributed by atoms with Crippen LogP contribution in [0.1, 0.15) is 0 Å². The van der Waals surface area contributed by atoms with Gasteiger partial charge in [-0.2, -0.15) is 0 Å². The molecule has 1 fully saturated rings. The molecular weight excluding hydrogens is 336 g/mol. The Morgan fingerprint density at radius 3 is 2.78 bits per heavy atom. The third-order valence-corrected chi connectivity index (χ3v) is 5.53. The second-order valence-electron chi connectivity index (χ2n) is 7.32. The quantitative estimate of drug-likeness (QED) is 0.606. The number of hydrogen-bond acceptors (Lipinski definition) is 5. The molecule has 3 aromatic heterocycles. The lowest BCUT2D eigenvalue weighted by Crippen LogP contribution is -2.45. The van der Waals surface area contributed by atoms with Crippen LogP contribution in [0.15, 0.2) is 48.8 Å². The van der Waals surface area contributed by atoms with Gasteiger partial charge in [0.25, 0.3) is 0 Å². The molecule has 0 atom stereocenters. The maximum atomic E-state index is 4.93. The maximum Gasteiger partial charge on any atom is 0.140 e. The minimum atomic E-state index is 0.893. The molecule has 1 saturated heterocycles. The van der Waals surface area contributed by atoms with Crippen LogP contribution in [-0.2, 0) is 0 Å². The van der Waals surface area contributed by atoms with Gasteiger partial charge in [-0.25, -0.2) is 4.98 Å². The Kier molecular flexibility index (Phi) is 4.14. The number of rotatable bonds is 4. The predicted octanol–water partition coefficient (Wildman–Crippen LogP) is 2.70. The van der Waals surface area contributed by atoms with E-state index in [2.05, 4.69) is 67.9 Å². The number of likely N-dealkylation sites (N-methyl/N-ethyl adjacent to an activating group) is 1. The topological polar surface area (TPSA) is 48.7 Å². The standard InChI is InChI=1S/C21H24N6/c1-25-10-12-26(13-11-25)9-8-23-21-17-6-7-22-15-19(17)27-18-5-3-2-4-16(18)14-20(27)24-21/h2-7,14-15H,8-13H2,1H3,(H,23,24). The van der Waals surface area contributed by atoms with Gasteiger partial charge in [0.15, 0.2) is 0 Å². The Bertz CT molecular complexity index is 1090. The molecule has 6 heteroatoms. The number of aromatic nitrogens is 3. The first-order chi connectivity index (χ1) is 13.3. The van der Waals surface area contributed by atoms with E-state index in [-0.39, 0.29) is 0 Å². The number of para-hydroxylation sites is 1. The summed E-state index contributed by atoms with van der Waals surface area (Å²) in [7, 11) is 2.19. The van der Waals surface area contributed by atoms with Gasteiger partial charge in [0.05, 0.1) is 17.2 Å². The smallest absolute Gasteiger partial charge is 0.140 e. The Morgan fingerprint density at radius 2 is 1.89 bits per heavy atom. The molecule has 0 unspecified atom stereocenters. The first-order valence-corrected chi connectivity index (χ1v) is 9.58. The second kappa shape index (κ2) is 6.79. The first kappa shape index (κ1) is 16.5. The zero-order valence-electron chi connectivity index (χ0n) is 15.6. The number of fused-ring (bicyclic) bond motifs is 5. The Morgan fingerprint density at radius 1 is 1.04 bits per heavy atom. The van der Waals surface area contributed by atoms with E-state index in [0.717, 1.165) is 61.6 Å². The number of nitrogens with zero attached hydrogens (tertiary/aromatic N) is 5. The minimum absolute atomic E-state index is 0.893. The Hall–Kier alpha value is -2.70. The normalized spacial score (nSPS) is 16.5. The van der Waals surface area contributed by atoms with Crippen LogP contribution in [0.25, 0.3) is 27.5 Å². The fourth-order valence-electron chi connectivity index (χ4n) is 3.95. The van der Waals surface area contributed by atoms with Crippen molar-refractivity contribution in [3.63, 3.8) is 0 Å². The van der Waals surface area contributed by atoms with Gasteiger partial charge in [-0.05, 0) is 25.2 Å². The number of benzene rings is 1. The van der Waals surface area contributed by atoms with Crippen LogP contribution < -0.4 is 5.32 Å². The molecule has 0 bridgehead atoms. The van der Waals surface area contributed by atoms with Crippen LogP contribution >= 0.6 is 0 Å². The Balaban J connectivity index is 1.47. The van der Waals surface area contributed by atoms with Gasteiger partial charge >= 0.3 is 0 Å². The summed E-state index contributed by atoms with van der Waals surface area (Å²) >= 11 is 0. The van der Waals surface area contributed by atoms with Gasteiger partial charge in [0, 0.05) is 56.2 Å². The predicted molar refractivity (Wildman–Crippen MR) is 110 cm³/mol. The summed E-state index contributed by atoms with van der Waals surface area (Å²) in [6.45, 7) is 6.50. The summed E-state index contributed by atoms with van der Waals surface area (Å²) in [5, 5.41) is 5.88. The fourth-order valence-corrected chi connectivity index (χ4v) is 3.95. The summed E-state index contributed by atoms with van der Waals surface area (Å²) in [5.41, 5.74) is 3.21. The van der Waals surface area contributed by atoms with Crippen LogP contribution in [0.3, 0.4) is 0 Å². The van der Waals surface area contributed by atoms with E-state index in [1.807, 2.05) is 12.4 Å². The molecule has 1 aliphatic rings. The van der Waals surface area contributed by atoms with Crippen molar-refractivity contribution in [2.75, 3.05) is 51.6 Å². The molecule has 0 amide bonds. The summed E-state index contributed by atoms with van der Waals surface area (Å²) in [4.78, 5) is 14.2. The van der Waals surface area contributed by atoms with E-state index >= 15 is 0 Å². The van der Waals surface area contributed by atoms with E-state index in [1.54, 1.807) is 0 Å². The highest BCUT2D eigenvalue weighted by Gasteiger charge is 2.14. The largest absolute Gasteiger partial charge is 0.368 e. The van der Waals surface area contributed by atoms with Crippen molar-refractivity contribution < 1.29 is 0 Å². The average Bonchev–Trinajstić information content (AvgIpc) is 3.08. The van der Waals surface area contributed by atoms with E-state index in [0.29, 0.717) is 0 Å². The third kappa shape index (κ3) is 3.01. The SMILES string of the molecule is CN1CCN(CCNc2nc3cc4ccccc4n3c3cnccc23)CC1. The molecule has 1 aromatic carbocycles. The lowest BCUT2D eigenvalue weighted by Gasteiger charge is -2.32. The summed E-state index contributed by atoms with van der Waals surface area (Å²) in [6, 6.07) is 12.6. The molecule has 1 N–H and O–H groups in total. The molecule has 27 heavy (non-hydrogen) atoms. The van der Waals surface area contributed by atoms with Crippen molar-refractivity contribution in [3.05, 3.63) is 48.8 Å².